The molecule has 0 spiro atoms. The van der Waals surface area contributed by atoms with Crippen molar-refractivity contribution < 1.29 is 0 Å². The topological polar surface area (TPSA) is 3.24 Å². The molecule has 2 heteroatoms. The quantitative estimate of drug-likeness (QED) is 0.566. The van der Waals surface area contributed by atoms with E-state index >= 15 is 0 Å². The van der Waals surface area contributed by atoms with Crippen molar-refractivity contribution in [3.05, 3.63) is 0 Å². The third-order valence-corrected chi connectivity index (χ3v) is 2.25. The molecule has 0 heterocycles. The summed E-state index contributed by atoms with van der Waals surface area (Å²) in [6.45, 7) is 8.08. The van der Waals surface area contributed by atoms with Crippen molar-refractivity contribution in [2.75, 3.05) is 25.4 Å². The molecule has 0 unspecified atom stereocenters. The van der Waals surface area contributed by atoms with Gasteiger partial charge in [0.05, 0.1) is 0 Å². The second kappa shape index (κ2) is 9.40. The summed E-state index contributed by atoms with van der Waals surface area (Å²) in [6.07, 6.45) is 5.22. The van der Waals surface area contributed by atoms with Crippen LogP contribution < -0.4 is 0 Å². The molecule has 0 aromatic carbocycles. The van der Waals surface area contributed by atoms with Crippen LogP contribution in [0.2, 0.25) is 0 Å². The van der Waals surface area contributed by atoms with Crippen molar-refractivity contribution in [2.45, 2.75) is 39.5 Å². The highest BCUT2D eigenvalue weighted by molar-refractivity contribution is 7.80. The summed E-state index contributed by atoms with van der Waals surface area (Å²) in [5.41, 5.74) is 0. The van der Waals surface area contributed by atoms with Crippen LogP contribution in [0.15, 0.2) is 0 Å². The average molecular weight is 188 g/mol. The molecule has 0 bridgehead atoms. The highest BCUT2D eigenvalue weighted by atomic mass is 32.1. The number of hydrogen-bond donors (Lipinski definition) is 0. The monoisotopic (exact) mass is 188 g/mol. The van der Waals surface area contributed by atoms with Crippen LogP contribution in [0.1, 0.15) is 39.5 Å². The summed E-state index contributed by atoms with van der Waals surface area (Å²) in [6, 6.07) is 0. The first-order valence-corrected chi connectivity index (χ1v) is 5.73. The highest BCUT2D eigenvalue weighted by Crippen LogP contribution is 1.98. The summed E-state index contributed by atoms with van der Waals surface area (Å²) in [5.74, 6) is 0.882. The molecule has 73 valence electrons. The Balaban J connectivity index is 3.40. The van der Waals surface area contributed by atoms with E-state index in [0.29, 0.717) is 0 Å². The van der Waals surface area contributed by atoms with Gasteiger partial charge in [0, 0.05) is 12.3 Å². The van der Waals surface area contributed by atoms with Gasteiger partial charge >= 0.3 is 0 Å². The number of nitrogens with zero attached hydrogens (tertiary/aromatic N) is 1. The van der Waals surface area contributed by atoms with Crippen LogP contribution in [0.3, 0.4) is 0 Å². The first-order chi connectivity index (χ1) is 5.85. The van der Waals surface area contributed by atoms with Crippen LogP contribution >= 0.6 is 12.6 Å². The van der Waals surface area contributed by atoms with Crippen LogP contribution in [-0.4, -0.2) is 30.3 Å². The largest absolute Gasteiger partial charge is 0.302 e. The second-order valence-corrected chi connectivity index (χ2v) is 3.66. The van der Waals surface area contributed by atoms with Gasteiger partial charge in [-0.2, -0.15) is 0 Å². The molecule has 0 aromatic rings. The Kier molecular flexibility index (Phi) is 9.64. The van der Waals surface area contributed by atoms with E-state index < -0.39 is 0 Å². The lowest BCUT2D eigenvalue weighted by molar-refractivity contribution is 0.281. The minimum absolute atomic E-state index is 0.882. The molecule has 1 nitrogen and oxygen atoms in total. The minimum Gasteiger partial charge on any atom is -0.302 e. The summed E-state index contributed by atoms with van der Waals surface area (Å²) in [7, 11) is 0. The average Bonchev–Trinajstić information content (AvgIpc) is 2.10. The Morgan fingerprint density at radius 2 is 1.42 bits per heavy atom. The molecule has 0 amide bonds. The summed E-state index contributed by atoms with van der Waals surface area (Å²) in [4.78, 5) is 2.50. The van der Waals surface area contributed by atoms with Crippen molar-refractivity contribution in [2.24, 2.45) is 0 Å². The highest BCUT2D eigenvalue weighted by Gasteiger charge is 2.01. The maximum atomic E-state index is 4.99. The smallest absolute Gasteiger partial charge is 0.0165 e. The standard InChI is InChI=1S/C10H22NS/c1-3-5-7-11(9-10-12)8-6-4-2/h3-10H2,1-2H3. The number of unbranched alkanes of at least 4 members (excludes halogenated alkanes) is 2. The SMILES string of the molecule is CCCCN(CC[S])CCCC. The Morgan fingerprint density at radius 1 is 0.917 bits per heavy atom. The Hall–Kier alpha value is 0.310. The molecule has 1 radical (unpaired) electrons. The predicted octanol–water partition coefficient (Wildman–Crippen LogP) is 3.09. The maximum absolute atomic E-state index is 4.99. The summed E-state index contributed by atoms with van der Waals surface area (Å²) < 4.78 is 0. The zero-order chi connectivity index (χ0) is 9.23. The van der Waals surface area contributed by atoms with Gasteiger partial charge in [0.2, 0.25) is 0 Å². The first kappa shape index (κ1) is 12.3. The van der Waals surface area contributed by atoms with Crippen LogP contribution in [0.4, 0.5) is 0 Å². The van der Waals surface area contributed by atoms with E-state index in [1.54, 1.807) is 0 Å². The summed E-state index contributed by atoms with van der Waals surface area (Å²) in [5, 5.41) is 0. The molecule has 0 aliphatic heterocycles. The van der Waals surface area contributed by atoms with Crippen molar-refractivity contribution in [1.29, 1.82) is 0 Å². The third-order valence-electron chi connectivity index (χ3n) is 2.06. The van der Waals surface area contributed by atoms with Crippen LogP contribution in [0.25, 0.3) is 0 Å². The molecular weight excluding hydrogens is 166 g/mol. The lowest BCUT2D eigenvalue weighted by atomic mass is 10.2. The number of hydrogen-bond acceptors (Lipinski definition) is 1. The van der Waals surface area contributed by atoms with Crippen LogP contribution in [0, 0.1) is 0 Å². The van der Waals surface area contributed by atoms with Gasteiger partial charge in [-0.25, -0.2) is 0 Å². The molecule has 0 saturated heterocycles. The fraction of sp³-hybridized carbons (Fsp3) is 1.00. The Labute approximate surface area is 82.9 Å². The summed E-state index contributed by atoms with van der Waals surface area (Å²) >= 11 is 4.99. The normalized spacial score (nSPS) is 11.0. The van der Waals surface area contributed by atoms with E-state index in [1.165, 1.54) is 38.8 Å². The molecule has 0 aliphatic rings. The van der Waals surface area contributed by atoms with Gasteiger partial charge in [0.1, 0.15) is 0 Å². The van der Waals surface area contributed by atoms with Gasteiger partial charge in [0.25, 0.3) is 0 Å². The van der Waals surface area contributed by atoms with Crippen LogP contribution in [-0.2, 0) is 0 Å². The lowest BCUT2D eigenvalue weighted by Crippen LogP contribution is -2.28. The zero-order valence-electron chi connectivity index (χ0n) is 8.51. The van der Waals surface area contributed by atoms with Crippen LogP contribution in [0.5, 0.6) is 0 Å². The van der Waals surface area contributed by atoms with E-state index in [-0.39, 0.29) is 0 Å². The van der Waals surface area contributed by atoms with Gasteiger partial charge in [-0.15, -0.1) is 0 Å². The second-order valence-electron chi connectivity index (χ2n) is 3.25. The van der Waals surface area contributed by atoms with E-state index in [9.17, 15) is 0 Å². The molecular formula is C10H22NS. The molecule has 0 atom stereocenters. The maximum Gasteiger partial charge on any atom is 0.0165 e. The van der Waals surface area contributed by atoms with E-state index in [4.69, 9.17) is 12.6 Å². The van der Waals surface area contributed by atoms with Gasteiger partial charge in [0.15, 0.2) is 0 Å². The van der Waals surface area contributed by atoms with Crippen molar-refractivity contribution in [3.63, 3.8) is 0 Å². The van der Waals surface area contributed by atoms with E-state index in [0.717, 1.165) is 12.3 Å². The Morgan fingerprint density at radius 3 is 1.75 bits per heavy atom. The van der Waals surface area contributed by atoms with Crippen molar-refractivity contribution in [3.8, 4) is 0 Å². The Bertz CT molecular complexity index is 77.9. The fourth-order valence-corrected chi connectivity index (χ4v) is 1.49. The minimum atomic E-state index is 0.882. The van der Waals surface area contributed by atoms with E-state index in [1.807, 2.05) is 0 Å². The molecule has 12 heavy (non-hydrogen) atoms. The molecule has 0 N–H and O–H groups in total. The zero-order valence-corrected chi connectivity index (χ0v) is 9.33. The molecule has 0 aromatic heterocycles. The van der Waals surface area contributed by atoms with Gasteiger partial charge in [-0.05, 0) is 25.9 Å². The first-order valence-electron chi connectivity index (χ1n) is 5.15. The third kappa shape index (κ3) is 6.99. The van der Waals surface area contributed by atoms with Gasteiger partial charge < -0.3 is 4.90 Å². The molecule has 0 aliphatic carbocycles. The molecule has 0 saturated carbocycles. The van der Waals surface area contributed by atoms with Crippen molar-refractivity contribution >= 4 is 12.6 Å². The lowest BCUT2D eigenvalue weighted by Gasteiger charge is -2.20. The van der Waals surface area contributed by atoms with Gasteiger partial charge in [-0.1, -0.05) is 39.3 Å². The van der Waals surface area contributed by atoms with Crippen molar-refractivity contribution in [1.82, 2.24) is 4.90 Å². The molecule has 0 rings (SSSR count). The van der Waals surface area contributed by atoms with Gasteiger partial charge in [-0.3, -0.25) is 0 Å². The van der Waals surface area contributed by atoms with E-state index in [2.05, 4.69) is 18.7 Å². The predicted molar refractivity (Wildman–Crippen MR) is 58.7 cm³/mol. The fourth-order valence-electron chi connectivity index (χ4n) is 1.23. The molecule has 0 fully saturated rings. The number of rotatable bonds is 8.